The first-order chi connectivity index (χ1) is 18.3. The number of carboxylic acid groups (broad SMARTS) is 1. The zero-order chi connectivity index (χ0) is 28.3. The molecule has 3 atom stereocenters. The first kappa shape index (κ1) is 27.9. The van der Waals surface area contributed by atoms with Crippen LogP contribution >= 0.6 is 23.2 Å². The van der Waals surface area contributed by atoms with Crippen molar-refractivity contribution in [3.05, 3.63) is 51.3 Å². The highest BCUT2D eigenvalue weighted by Gasteiger charge is 2.61. The van der Waals surface area contributed by atoms with Crippen molar-refractivity contribution in [2.75, 3.05) is 0 Å². The number of hydrogen-bond donors (Lipinski definition) is 2. The third-order valence-electron chi connectivity index (χ3n) is 8.36. The summed E-state index contributed by atoms with van der Waals surface area (Å²) in [5, 5.41) is 15.5. The Hall–Kier alpha value is -2.66. The molecule has 1 heterocycles. The van der Waals surface area contributed by atoms with Crippen LogP contribution in [0, 0.1) is 17.8 Å². The van der Waals surface area contributed by atoms with E-state index in [1.54, 1.807) is 0 Å². The summed E-state index contributed by atoms with van der Waals surface area (Å²) in [5.74, 6) is -3.83. The van der Waals surface area contributed by atoms with Crippen molar-refractivity contribution in [2.45, 2.75) is 68.9 Å². The first-order valence-corrected chi connectivity index (χ1v) is 13.4. The summed E-state index contributed by atoms with van der Waals surface area (Å²) in [7, 11) is 0. The molecule has 3 fully saturated rings. The molecular formula is C26H25Cl2F4N3O4. The van der Waals surface area contributed by atoms with Crippen molar-refractivity contribution in [3.63, 3.8) is 0 Å². The number of fused-ring (bicyclic) bond motifs is 1. The quantitative estimate of drug-likeness (QED) is 0.284. The third kappa shape index (κ3) is 5.15. The highest BCUT2D eigenvalue weighted by atomic mass is 35.5. The average molecular weight is 590 g/mol. The monoisotopic (exact) mass is 589 g/mol. The van der Waals surface area contributed by atoms with Crippen LogP contribution in [0.2, 0.25) is 10.0 Å². The number of Topliss-reactive ketones (excluding diaryl/α,β-unsaturated/α-hetero) is 1. The molecule has 0 radical (unpaired) electrons. The minimum atomic E-state index is -4.96. The molecule has 2 N–H and O–H groups in total. The van der Waals surface area contributed by atoms with E-state index < -0.39 is 65.2 Å². The largest absolute Gasteiger partial charge is 0.481 e. The minimum absolute atomic E-state index is 0.0302. The van der Waals surface area contributed by atoms with Crippen molar-refractivity contribution in [2.24, 2.45) is 17.8 Å². The number of alkyl halides is 4. The van der Waals surface area contributed by atoms with E-state index >= 15 is 4.39 Å². The molecule has 2 aromatic rings. The van der Waals surface area contributed by atoms with E-state index in [-0.39, 0.29) is 53.1 Å². The van der Waals surface area contributed by atoms with Gasteiger partial charge in [0.05, 0.1) is 45.4 Å². The third-order valence-corrected chi connectivity index (χ3v) is 8.99. The van der Waals surface area contributed by atoms with Crippen LogP contribution in [0.5, 0.6) is 0 Å². The van der Waals surface area contributed by atoms with Crippen molar-refractivity contribution in [1.29, 1.82) is 0 Å². The Morgan fingerprint density at radius 2 is 1.72 bits per heavy atom. The van der Waals surface area contributed by atoms with Crippen molar-refractivity contribution >= 4 is 40.9 Å². The number of carbonyl (C=O) groups is 3. The second-order valence-electron chi connectivity index (χ2n) is 10.7. The summed E-state index contributed by atoms with van der Waals surface area (Å²) in [6, 6.07) is 2.26. The lowest BCUT2D eigenvalue weighted by atomic mass is 9.88. The van der Waals surface area contributed by atoms with Crippen LogP contribution in [0.3, 0.4) is 0 Å². The van der Waals surface area contributed by atoms with Gasteiger partial charge in [-0.15, -0.1) is 0 Å². The first-order valence-electron chi connectivity index (χ1n) is 12.7. The summed E-state index contributed by atoms with van der Waals surface area (Å²) < 4.78 is 59.3. The normalized spacial score (nSPS) is 26.2. The van der Waals surface area contributed by atoms with Crippen LogP contribution < -0.4 is 5.32 Å². The van der Waals surface area contributed by atoms with E-state index in [1.165, 1.54) is 18.2 Å². The summed E-state index contributed by atoms with van der Waals surface area (Å²) in [4.78, 5) is 37.6. The van der Waals surface area contributed by atoms with Gasteiger partial charge in [0.2, 0.25) is 0 Å². The zero-order valence-corrected chi connectivity index (χ0v) is 22.0. The maximum Gasteiger partial charge on any atom is 0.433 e. The number of benzene rings is 1. The molecule has 3 saturated carbocycles. The van der Waals surface area contributed by atoms with Crippen LogP contribution in [0.25, 0.3) is 0 Å². The van der Waals surface area contributed by atoms with Gasteiger partial charge in [0.1, 0.15) is 5.67 Å². The summed E-state index contributed by atoms with van der Waals surface area (Å²) in [6.07, 6.45) is -3.25. The van der Waals surface area contributed by atoms with Gasteiger partial charge in [-0.2, -0.15) is 18.3 Å². The van der Waals surface area contributed by atoms with Gasteiger partial charge in [-0.3, -0.25) is 19.1 Å². The number of amides is 1. The number of nitrogens with zero attached hydrogens (tertiary/aromatic N) is 2. The molecule has 3 aliphatic carbocycles. The fourth-order valence-corrected chi connectivity index (χ4v) is 7.04. The number of aromatic nitrogens is 2. The fraction of sp³-hybridized carbons (Fsp3) is 0.538. The Morgan fingerprint density at radius 3 is 2.26 bits per heavy atom. The SMILES string of the molecule is O=C(NC(CC(=O)c1c(Cl)cccc1Cl)C1(F)CCCC1)c1cnn(C2CC3C(C2)C3C(=O)O)c1C(F)(F)F. The van der Waals surface area contributed by atoms with Crippen molar-refractivity contribution in [1.82, 2.24) is 15.1 Å². The number of rotatable bonds is 8. The molecule has 1 amide bonds. The van der Waals surface area contributed by atoms with E-state index in [9.17, 15) is 32.7 Å². The predicted molar refractivity (Wildman–Crippen MR) is 133 cm³/mol. The number of carbonyl (C=O) groups excluding carboxylic acids is 2. The number of hydrogen-bond acceptors (Lipinski definition) is 4. The van der Waals surface area contributed by atoms with Gasteiger partial charge in [0.15, 0.2) is 11.5 Å². The number of ketones is 1. The zero-order valence-electron chi connectivity index (χ0n) is 20.5. The maximum absolute atomic E-state index is 15.9. The summed E-state index contributed by atoms with van der Waals surface area (Å²) in [6.45, 7) is 0. The number of carboxylic acids is 1. The number of nitrogens with one attached hydrogen (secondary N) is 1. The molecule has 3 aliphatic rings. The Balaban J connectivity index is 1.41. The number of halogens is 6. The van der Waals surface area contributed by atoms with Crippen LogP contribution in [0.1, 0.15) is 77.4 Å². The van der Waals surface area contributed by atoms with Crippen LogP contribution in [-0.2, 0) is 11.0 Å². The van der Waals surface area contributed by atoms with E-state index in [4.69, 9.17) is 23.2 Å². The van der Waals surface area contributed by atoms with Gasteiger partial charge in [-0.05, 0) is 49.7 Å². The average Bonchev–Trinajstić information content (AvgIpc) is 3.28. The Labute approximate surface area is 230 Å². The van der Waals surface area contributed by atoms with Gasteiger partial charge in [0, 0.05) is 6.42 Å². The van der Waals surface area contributed by atoms with E-state index in [2.05, 4.69) is 10.4 Å². The Morgan fingerprint density at radius 1 is 1.13 bits per heavy atom. The summed E-state index contributed by atoms with van der Waals surface area (Å²) >= 11 is 12.2. The highest BCUT2D eigenvalue weighted by molar-refractivity contribution is 6.39. The fourth-order valence-electron chi connectivity index (χ4n) is 6.43. The molecule has 0 spiro atoms. The molecule has 210 valence electrons. The lowest BCUT2D eigenvalue weighted by molar-refractivity contribution is -0.146. The van der Waals surface area contributed by atoms with Gasteiger partial charge >= 0.3 is 12.1 Å². The molecule has 1 aromatic carbocycles. The number of aliphatic carboxylic acids is 1. The van der Waals surface area contributed by atoms with Crippen LogP contribution in [0.4, 0.5) is 17.6 Å². The summed E-state index contributed by atoms with van der Waals surface area (Å²) in [5.41, 5.74) is -4.12. The standard InChI is InChI=1S/C26H25Cl2F4N3O4/c27-16-4-3-5-17(28)21(16)18(36)10-19(25(29)6-1-2-7-25)34-23(37)15-11-33-35(22(15)26(30,31)32)12-8-13-14(9-12)20(13)24(38)39/h3-5,11-14,19-20H,1-2,6-10H2,(H,34,37)(H,38,39). The Bertz CT molecular complexity index is 1290. The molecule has 0 aliphatic heterocycles. The smallest absolute Gasteiger partial charge is 0.433 e. The molecule has 39 heavy (non-hydrogen) atoms. The van der Waals surface area contributed by atoms with Crippen LogP contribution in [-0.4, -0.2) is 44.3 Å². The topological polar surface area (TPSA) is 101 Å². The molecule has 3 unspecified atom stereocenters. The molecular weight excluding hydrogens is 565 g/mol. The second-order valence-corrected chi connectivity index (χ2v) is 11.5. The lowest BCUT2D eigenvalue weighted by Crippen LogP contribution is -2.50. The maximum atomic E-state index is 15.9. The highest BCUT2D eigenvalue weighted by Crippen LogP contribution is 2.61. The van der Waals surface area contributed by atoms with E-state index in [0.717, 1.165) is 10.9 Å². The van der Waals surface area contributed by atoms with Gasteiger partial charge in [-0.1, -0.05) is 42.1 Å². The van der Waals surface area contributed by atoms with Crippen molar-refractivity contribution < 1.29 is 37.1 Å². The molecule has 0 bridgehead atoms. The molecule has 13 heteroatoms. The molecule has 5 rings (SSSR count). The van der Waals surface area contributed by atoms with Crippen LogP contribution in [0.15, 0.2) is 24.4 Å². The van der Waals surface area contributed by atoms with E-state index in [0.29, 0.717) is 12.8 Å². The second kappa shape index (κ2) is 10.1. The van der Waals surface area contributed by atoms with Crippen molar-refractivity contribution in [3.8, 4) is 0 Å². The van der Waals surface area contributed by atoms with Gasteiger partial charge in [0.25, 0.3) is 5.91 Å². The van der Waals surface area contributed by atoms with Gasteiger partial charge in [-0.25, -0.2) is 4.39 Å². The molecule has 7 nitrogen and oxygen atoms in total. The van der Waals surface area contributed by atoms with E-state index in [1.807, 2.05) is 0 Å². The lowest BCUT2D eigenvalue weighted by Gasteiger charge is -2.31. The predicted octanol–water partition coefficient (Wildman–Crippen LogP) is 6.14. The Kier molecular flexibility index (Phi) is 7.20. The minimum Gasteiger partial charge on any atom is -0.481 e. The molecule has 1 aromatic heterocycles. The van der Waals surface area contributed by atoms with Gasteiger partial charge < -0.3 is 10.4 Å². The molecule has 0 saturated heterocycles.